The number of carboxylic acids is 2. The Morgan fingerprint density at radius 3 is 1.86 bits per heavy atom. The van der Waals surface area contributed by atoms with Gasteiger partial charge in [-0.2, -0.15) is 0 Å². The number of carboxylic acid groups (broad SMARTS) is 2. The van der Waals surface area contributed by atoms with Gasteiger partial charge in [-0.05, 0) is 18.3 Å². The Bertz CT molecular complexity index is 609. The third-order valence-corrected chi connectivity index (χ3v) is 4.33. The van der Waals surface area contributed by atoms with Crippen molar-refractivity contribution in [1.82, 2.24) is 16.0 Å². The van der Waals surface area contributed by atoms with Crippen LogP contribution in [0.3, 0.4) is 0 Å². The lowest BCUT2D eigenvalue weighted by Gasteiger charge is -2.26. The van der Waals surface area contributed by atoms with E-state index in [4.69, 9.17) is 10.8 Å². The van der Waals surface area contributed by atoms with Crippen molar-refractivity contribution < 1.29 is 34.2 Å². The number of carbonyl (C=O) groups excluding carboxylic acids is 3. The number of nitrogens with two attached hydrogens (primary N) is 1. The molecule has 0 aromatic rings. The van der Waals surface area contributed by atoms with Gasteiger partial charge in [0, 0.05) is 0 Å². The molecule has 0 bridgehead atoms. The van der Waals surface area contributed by atoms with Crippen LogP contribution in [0.15, 0.2) is 0 Å². The minimum Gasteiger partial charge on any atom is -0.481 e. The first-order chi connectivity index (χ1) is 13.4. The number of hydrogen-bond acceptors (Lipinski definition) is 6. The van der Waals surface area contributed by atoms with Crippen LogP contribution < -0.4 is 21.7 Å². The third-order valence-electron chi connectivity index (χ3n) is 4.33. The number of amides is 3. The summed E-state index contributed by atoms with van der Waals surface area (Å²) in [7, 11) is 0. The summed E-state index contributed by atoms with van der Waals surface area (Å²) in [4.78, 5) is 59.1. The molecule has 0 heterocycles. The summed E-state index contributed by atoms with van der Waals surface area (Å²) in [5, 5.41) is 25.4. The molecule has 0 aliphatic carbocycles. The maximum Gasteiger partial charge on any atom is 0.326 e. The van der Waals surface area contributed by atoms with Crippen molar-refractivity contribution in [2.75, 3.05) is 6.54 Å². The van der Waals surface area contributed by atoms with Crippen LogP contribution in [0, 0.1) is 11.8 Å². The van der Waals surface area contributed by atoms with Gasteiger partial charge >= 0.3 is 11.9 Å². The van der Waals surface area contributed by atoms with E-state index in [1.54, 1.807) is 27.7 Å². The van der Waals surface area contributed by atoms with Crippen LogP contribution in [0.25, 0.3) is 0 Å². The second-order valence-corrected chi connectivity index (χ2v) is 7.32. The zero-order valence-corrected chi connectivity index (χ0v) is 17.2. The van der Waals surface area contributed by atoms with E-state index in [-0.39, 0.29) is 18.3 Å². The average molecular weight is 416 g/mol. The van der Waals surface area contributed by atoms with Crippen LogP contribution in [0.4, 0.5) is 0 Å². The molecule has 166 valence electrons. The molecule has 11 nitrogen and oxygen atoms in total. The molecule has 0 aliphatic heterocycles. The van der Waals surface area contributed by atoms with Gasteiger partial charge in [0.15, 0.2) is 0 Å². The lowest BCUT2D eigenvalue weighted by Crippen LogP contribution is -2.57. The van der Waals surface area contributed by atoms with E-state index in [0.29, 0.717) is 6.42 Å². The standard InChI is InChI=1S/C18H32N4O7/c1-5-10(4)15(18(28)29)22-17(27)11(6-9(2)3)21-16(26)12(7-14(24)25)20-13(23)8-19/h9-12,15H,5-8,19H2,1-4H3,(H,20,23)(H,21,26)(H,22,27)(H,24,25)(H,28,29). The molecule has 0 rings (SSSR count). The van der Waals surface area contributed by atoms with Crippen molar-refractivity contribution in [2.24, 2.45) is 17.6 Å². The molecule has 0 saturated heterocycles. The van der Waals surface area contributed by atoms with Gasteiger partial charge in [0.05, 0.1) is 13.0 Å². The molecule has 7 N–H and O–H groups in total. The predicted molar refractivity (Wildman–Crippen MR) is 104 cm³/mol. The van der Waals surface area contributed by atoms with Crippen molar-refractivity contribution in [3.05, 3.63) is 0 Å². The minimum atomic E-state index is -1.42. The lowest BCUT2D eigenvalue weighted by molar-refractivity contribution is -0.144. The average Bonchev–Trinajstić information content (AvgIpc) is 2.62. The van der Waals surface area contributed by atoms with E-state index in [1.165, 1.54) is 0 Å². The Balaban J connectivity index is 5.44. The van der Waals surface area contributed by atoms with Crippen LogP contribution in [0.2, 0.25) is 0 Å². The zero-order chi connectivity index (χ0) is 22.7. The second-order valence-electron chi connectivity index (χ2n) is 7.32. The number of hydrogen-bond donors (Lipinski definition) is 6. The number of aliphatic carboxylic acids is 2. The highest BCUT2D eigenvalue weighted by atomic mass is 16.4. The SMILES string of the molecule is CCC(C)C(NC(=O)C(CC(C)C)NC(=O)C(CC(=O)O)NC(=O)CN)C(=O)O. The Labute approximate surface area is 169 Å². The van der Waals surface area contributed by atoms with E-state index in [1.807, 2.05) is 0 Å². The van der Waals surface area contributed by atoms with Crippen LogP contribution in [0.5, 0.6) is 0 Å². The Morgan fingerprint density at radius 2 is 1.45 bits per heavy atom. The van der Waals surface area contributed by atoms with E-state index in [9.17, 15) is 29.1 Å². The van der Waals surface area contributed by atoms with Gasteiger partial charge in [0.2, 0.25) is 17.7 Å². The summed E-state index contributed by atoms with van der Waals surface area (Å²) in [5.41, 5.74) is 5.18. The highest BCUT2D eigenvalue weighted by Gasteiger charge is 2.32. The molecule has 4 atom stereocenters. The predicted octanol–water partition coefficient (Wildman–Crippen LogP) is -0.949. The summed E-state index contributed by atoms with van der Waals surface area (Å²) in [5.74, 6) is -5.18. The highest BCUT2D eigenvalue weighted by molar-refractivity contribution is 5.95. The third kappa shape index (κ3) is 9.88. The molecular formula is C18H32N4O7. The van der Waals surface area contributed by atoms with Crippen LogP contribution in [-0.4, -0.2) is 64.5 Å². The molecule has 0 spiro atoms. The second kappa shape index (κ2) is 12.7. The van der Waals surface area contributed by atoms with Gasteiger partial charge in [-0.25, -0.2) is 4.79 Å². The molecule has 11 heteroatoms. The Morgan fingerprint density at radius 1 is 0.897 bits per heavy atom. The van der Waals surface area contributed by atoms with Crippen molar-refractivity contribution in [3.8, 4) is 0 Å². The molecule has 4 unspecified atom stereocenters. The number of nitrogens with one attached hydrogen (secondary N) is 3. The topological polar surface area (TPSA) is 188 Å². The molecular weight excluding hydrogens is 384 g/mol. The van der Waals surface area contributed by atoms with E-state index in [0.717, 1.165) is 0 Å². The van der Waals surface area contributed by atoms with Crippen molar-refractivity contribution in [2.45, 2.75) is 65.1 Å². The molecule has 0 aliphatic rings. The van der Waals surface area contributed by atoms with Gasteiger partial charge < -0.3 is 31.9 Å². The monoisotopic (exact) mass is 416 g/mol. The summed E-state index contributed by atoms with van der Waals surface area (Å²) < 4.78 is 0. The molecule has 29 heavy (non-hydrogen) atoms. The van der Waals surface area contributed by atoms with Crippen LogP contribution >= 0.6 is 0 Å². The van der Waals surface area contributed by atoms with Gasteiger partial charge in [-0.15, -0.1) is 0 Å². The summed E-state index contributed by atoms with van der Waals surface area (Å²) in [6.07, 6.45) is 0.0114. The van der Waals surface area contributed by atoms with Gasteiger partial charge in [-0.1, -0.05) is 34.1 Å². The van der Waals surface area contributed by atoms with E-state index in [2.05, 4.69) is 16.0 Å². The van der Waals surface area contributed by atoms with Gasteiger partial charge in [-0.3, -0.25) is 19.2 Å². The smallest absolute Gasteiger partial charge is 0.326 e. The maximum absolute atomic E-state index is 12.7. The fourth-order valence-electron chi connectivity index (χ4n) is 2.55. The molecule has 0 fully saturated rings. The fourth-order valence-corrected chi connectivity index (χ4v) is 2.55. The fraction of sp³-hybridized carbons (Fsp3) is 0.722. The van der Waals surface area contributed by atoms with Crippen molar-refractivity contribution in [1.29, 1.82) is 0 Å². The first kappa shape index (κ1) is 26.3. The van der Waals surface area contributed by atoms with Gasteiger partial charge in [0.1, 0.15) is 18.1 Å². The lowest BCUT2D eigenvalue weighted by atomic mass is 9.97. The van der Waals surface area contributed by atoms with Gasteiger partial charge in [0.25, 0.3) is 0 Å². The Kier molecular flexibility index (Phi) is 11.5. The summed E-state index contributed by atoms with van der Waals surface area (Å²) in [6.45, 7) is 6.65. The van der Waals surface area contributed by atoms with E-state index >= 15 is 0 Å². The highest BCUT2D eigenvalue weighted by Crippen LogP contribution is 2.11. The number of carbonyl (C=O) groups is 5. The first-order valence-corrected chi connectivity index (χ1v) is 9.47. The molecule has 0 aromatic carbocycles. The summed E-state index contributed by atoms with van der Waals surface area (Å²) >= 11 is 0. The van der Waals surface area contributed by atoms with E-state index < -0.39 is 60.8 Å². The maximum atomic E-state index is 12.7. The van der Waals surface area contributed by atoms with Crippen LogP contribution in [-0.2, 0) is 24.0 Å². The van der Waals surface area contributed by atoms with Crippen LogP contribution in [0.1, 0.15) is 47.0 Å². The molecule has 3 amide bonds. The largest absolute Gasteiger partial charge is 0.481 e. The summed E-state index contributed by atoms with van der Waals surface area (Å²) in [6, 6.07) is -3.65. The quantitative estimate of drug-likeness (QED) is 0.221. The number of rotatable bonds is 13. The Hall–Kier alpha value is -2.69. The normalized spacial score (nSPS) is 15.0. The molecule has 0 radical (unpaired) electrons. The minimum absolute atomic E-state index is 0.0329. The molecule has 0 saturated carbocycles. The van der Waals surface area contributed by atoms with Crippen molar-refractivity contribution in [3.63, 3.8) is 0 Å². The molecule has 0 aromatic heterocycles. The first-order valence-electron chi connectivity index (χ1n) is 9.47. The van der Waals surface area contributed by atoms with Crippen molar-refractivity contribution >= 4 is 29.7 Å². The zero-order valence-electron chi connectivity index (χ0n) is 17.2.